The minimum Gasteiger partial charge on any atom is -0.428 e. The summed E-state index contributed by atoms with van der Waals surface area (Å²) in [4.78, 5) is 11.4. The molecule has 96 valence electrons. The van der Waals surface area contributed by atoms with E-state index in [1.807, 2.05) is 12.1 Å². The standard InChI is InChI=1S/C15H24O2/c1-5-11(2)6-7-12(3)10-14-9-8-13(4)15(16)17-14/h8-9,11-12H,5-7,10H2,1-4H3. The summed E-state index contributed by atoms with van der Waals surface area (Å²) in [5, 5.41) is 0. The molecule has 0 aliphatic rings. The largest absolute Gasteiger partial charge is 0.428 e. The lowest BCUT2D eigenvalue weighted by Gasteiger charge is -2.13. The second kappa shape index (κ2) is 6.63. The first-order chi connectivity index (χ1) is 8.02. The van der Waals surface area contributed by atoms with E-state index in [2.05, 4.69) is 20.8 Å². The van der Waals surface area contributed by atoms with E-state index < -0.39 is 0 Å². The maximum Gasteiger partial charge on any atom is 0.338 e. The molecule has 2 atom stereocenters. The van der Waals surface area contributed by atoms with Gasteiger partial charge in [0.1, 0.15) is 5.76 Å². The maximum absolute atomic E-state index is 11.4. The molecule has 1 aromatic rings. The first-order valence-electron chi connectivity index (χ1n) is 6.62. The average Bonchev–Trinajstić information content (AvgIpc) is 2.31. The number of hydrogen-bond donors (Lipinski definition) is 0. The van der Waals surface area contributed by atoms with E-state index in [0.29, 0.717) is 11.5 Å². The highest BCUT2D eigenvalue weighted by molar-refractivity contribution is 5.09. The van der Waals surface area contributed by atoms with Gasteiger partial charge in [-0.3, -0.25) is 0 Å². The molecule has 1 heterocycles. The maximum atomic E-state index is 11.4. The van der Waals surface area contributed by atoms with Crippen LogP contribution in [0.2, 0.25) is 0 Å². The van der Waals surface area contributed by atoms with Crippen LogP contribution in [-0.4, -0.2) is 0 Å². The second-order valence-corrected chi connectivity index (χ2v) is 5.27. The van der Waals surface area contributed by atoms with Gasteiger partial charge in [-0.25, -0.2) is 4.79 Å². The fourth-order valence-corrected chi connectivity index (χ4v) is 1.85. The SMILES string of the molecule is CCC(C)CCC(C)Cc1ccc(C)c(=O)o1. The second-order valence-electron chi connectivity index (χ2n) is 5.27. The summed E-state index contributed by atoms with van der Waals surface area (Å²) in [5.74, 6) is 2.19. The van der Waals surface area contributed by atoms with E-state index >= 15 is 0 Å². The van der Waals surface area contributed by atoms with Gasteiger partial charge in [-0.1, -0.05) is 40.0 Å². The number of hydrogen-bond acceptors (Lipinski definition) is 2. The van der Waals surface area contributed by atoms with Crippen molar-refractivity contribution in [1.29, 1.82) is 0 Å². The molecule has 0 radical (unpaired) electrons. The summed E-state index contributed by atoms with van der Waals surface area (Å²) < 4.78 is 5.26. The minimum absolute atomic E-state index is 0.198. The van der Waals surface area contributed by atoms with Gasteiger partial charge in [0, 0.05) is 12.0 Å². The van der Waals surface area contributed by atoms with Crippen molar-refractivity contribution in [2.45, 2.75) is 53.4 Å². The van der Waals surface area contributed by atoms with E-state index in [1.165, 1.54) is 19.3 Å². The van der Waals surface area contributed by atoms with Crippen molar-refractivity contribution in [3.63, 3.8) is 0 Å². The van der Waals surface area contributed by atoms with E-state index in [1.54, 1.807) is 6.92 Å². The number of rotatable bonds is 6. The summed E-state index contributed by atoms with van der Waals surface area (Å²) in [7, 11) is 0. The van der Waals surface area contributed by atoms with Gasteiger partial charge in [0.25, 0.3) is 0 Å². The lowest BCUT2D eigenvalue weighted by molar-refractivity contribution is 0.378. The lowest BCUT2D eigenvalue weighted by atomic mass is 9.94. The van der Waals surface area contributed by atoms with Crippen LogP contribution in [0.1, 0.15) is 51.4 Å². The highest BCUT2D eigenvalue weighted by Crippen LogP contribution is 2.18. The van der Waals surface area contributed by atoms with E-state index in [9.17, 15) is 4.79 Å². The molecule has 0 aliphatic heterocycles. The lowest BCUT2D eigenvalue weighted by Crippen LogP contribution is -2.08. The molecule has 0 spiro atoms. The molecule has 0 N–H and O–H groups in total. The molecule has 2 heteroatoms. The molecule has 0 aliphatic carbocycles. The van der Waals surface area contributed by atoms with Crippen LogP contribution >= 0.6 is 0 Å². The molecule has 2 nitrogen and oxygen atoms in total. The molecule has 0 aromatic carbocycles. The van der Waals surface area contributed by atoms with Gasteiger partial charge in [0.2, 0.25) is 0 Å². The third kappa shape index (κ3) is 4.76. The molecular weight excluding hydrogens is 212 g/mol. The Hall–Kier alpha value is -1.05. The van der Waals surface area contributed by atoms with Gasteiger partial charge >= 0.3 is 5.63 Å². The fraction of sp³-hybridized carbons (Fsp3) is 0.667. The van der Waals surface area contributed by atoms with Crippen LogP contribution in [0.5, 0.6) is 0 Å². The van der Waals surface area contributed by atoms with Gasteiger partial charge in [0.15, 0.2) is 0 Å². The average molecular weight is 236 g/mol. The molecule has 0 saturated carbocycles. The Labute approximate surface area is 104 Å². The topological polar surface area (TPSA) is 30.2 Å². The Morgan fingerprint density at radius 1 is 1.18 bits per heavy atom. The van der Waals surface area contributed by atoms with Crippen molar-refractivity contribution >= 4 is 0 Å². The molecule has 0 amide bonds. The van der Waals surface area contributed by atoms with Crippen LogP contribution in [0.4, 0.5) is 0 Å². The normalized spacial score (nSPS) is 14.6. The van der Waals surface area contributed by atoms with Crippen molar-refractivity contribution in [3.05, 3.63) is 33.9 Å². The van der Waals surface area contributed by atoms with Crippen molar-refractivity contribution in [2.24, 2.45) is 11.8 Å². The van der Waals surface area contributed by atoms with Crippen LogP contribution < -0.4 is 5.63 Å². The van der Waals surface area contributed by atoms with E-state index in [4.69, 9.17) is 4.42 Å². The first-order valence-corrected chi connectivity index (χ1v) is 6.62. The zero-order valence-corrected chi connectivity index (χ0v) is 11.5. The van der Waals surface area contributed by atoms with Gasteiger partial charge in [-0.05, 0) is 30.9 Å². The molecule has 1 aromatic heterocycles. The van der Waals surface area contributed by atoms with Crippen molar-refractivity contribution in [3.8, 4) is 0 Å². The predicted molar refractivity (Wildman–Crippen MR) is 71.3 cm³/mol. The van der Waals surface area contributed by atoms with Gasteiger partial charge in [-0.2, -0.15) is 0 Å². The summed E-state index contributed by atoms with van der Waals surface area (Å²) in [5.41, 5.74) is 0.484. The summed E-state index contributed by atoms with van der Waals surface area (Å²) in [6.07, 6.45) is 4.57. The number of aryl methyl sites for hydroxylation is 1. The van der Waals surface area contributed by atoms with Crippen molar-refractivity contribution in [2.75, 3.05) is 0 Å². The van der Waals surface area contributed by atoms with Gasteiger partial charge in [-0.15, -0.1) is 0 Å². The predicted octanol–water partition coefficient (Wildman–Crippen LogP) is 3.95. The minimum atomic E-state index is -0.198. The Bertz CT molecular complexity index is 392. The van der Waals surface area contributed by atoms with Gasteiger partial charge < -0.3 is 4.42 Å². The Morgan fingerprint density at radius 3 is 2.41 bits per heavy atom. The van der Waals surface area contributed by atoms with Crippen LogP contribution in [-0.2, 0) is 6.42 Å². The molecule has 2 unspecified atom stereocenters. The molecular formula is C15H24O2. The van der Waals surface area contributed by atoms with E-state index in [0.717, 1.165) is 18.1 Å². The zero-order valence-electron chi connectivity index (χ0n) is 11.5. The van der Waals surface area contributed by atoms with Crippen LogP contribution in [0.3, 0.4) is 0 Å². The summed E-state index contributed by atoms with van der Waals surface area (Å²) >= 11 is 0. The Morgan fingerprint density at radius 2 is 1.82 bits per heavy atom. The third-order valence-corrected chi connectivity index (χ3v) is 3.46. The smallest absolute Gasteiger partial charge is 0.338 e. The van der Waals surface area contributed by atoms with Crippen LogP contribution in [0, 0.1) is 18.8 Å². The van der Waals surface area contributed by atoms with Crippen LogP contribution in [0.15, 0.2) is 21.3 Å². The monoisotopic (exact) mass is 236 g/mol. The molecule has 0 bridgehead atoms. The highest BCUT2D eigenvalue weighted by Gasteiger charge is 2.08. The summed E-state index contributed by atoms with van der Waals surface area (Å²) in [6, 6.07) is 3.78. The first kappa shape index (κ1) is 14.0. The highest BCUT2D eigenvalue weighted by atomic mass is 16.4. The summed E-state index contributed by atoms with van der Waals surface area (Å²) in [6.45, 7) is 8.53. The Kier molecular flexibility index (Phi) is 5.46. The van der Waals surface area contributed by atoms with E-state index in [-0.39, 0.29) is 5.63 Å². The van der Waals surface area contributed by atoms with Crippen LogP contribution in [0.25, 0.3) is 0 Å². The fourth-order valence-electron chi connectivity index (χ4n) is 1.85. The third-order valence-electron chi connectivity index (χ3n) is 3.46. The quantitative estimate of drug-likeness (QED) is 0.748. The van der Waals surface area contributed by atoms with Gasteiger partial charge in [0.05, 0.1) is 0 Å². The Balaban J connectivity index is 2.47. The molecule has 17 heavy (non-hydrogen) atoms. The molecule has 0 saturated heterocycles. The van der Waals surface area contributed by atoms with Crippen molar-refractivity contribution < 1.29 is 4.42 Å². The molecule has 1 rings (SSSR count). The van der Waals surface area contributed by atoms with Crippen molar-refractivity contribution in [1.82, 2.24) is 0 Å². The molecule has 0 fully saturated rings. The zero-order chi connectivity index (χ0) is 12.8.